The van der Waals surface area contributed by atoms with Crippen molar-refractivity contribution in [3.05, 3.63) is 35.4 Å². The first-order valence-electron chi connectivity index (χ1n) is 6.98. The number of likely N-dealkylation sites (N-methyl/N-ethyl adjacent to an activating group) is 1. The van der Waals surface area contributed by atoms with Crippen molar-refractivity contribution in [1.82, 2.24) is 10.2 Å². The molecule has 1 heterocycles. The van der Waals surface area contributed by atoms with Crippen LogP contribution in [0, 0.1) is 0 Å². The molecular formula is C15H19BrN2O3. The van der Waals surface area contributed by atoms with Gasteiger partial charge in [-0.25, -0.2) is 0 Å². The molecule has 0 bridgehead atoms. The zero-order valence-electron chi connectivity index (χ0n) is 12.0. The second-order valence-corrected chi connectivity index (χ2v) is 5.38. The lowest BCUT2D eigenvalue weighted by Crippen LogP contribution is -2.55. The predicted octanol–water partition coefficient (Wildman–Crippen LogP) is 1.56. The van der Waals surface area contributed by atoms with Gasteiger partial charge in [-0.05, 0) is 24.6 Å². The Bertz CT molecular complexity index is 504. The molecule has 21 heavy (non-hydrogen) atoms. The van der Waals surface area contributed by atoms with Gasteiger partial charge in [-0.2, -0.15) is 0 Å². The lowest BCUT2D eigenvalue weighted by atomic mass is 10.1. The molecule has 1 aromatic rings. The van der Waals surface area contributed by atoms with Gasteiger partial charge in [0.1, 0.15) is 6.04 Å². The van der Waals surface area contributed by atoms with Gasteiger partial charge in [0, 0.05) is 24.0 Å². The summed E-state index contributed by atoms with van der Waals surface area (Å²) >= 11 is 3.38. The third-order valence-corrected chi connectivity index (χ3v) is 4.05. The maximum Gasteiger partial charge on any atom is 0.254 e. The number of carbonyl (C=O) groups is 2. The zero-order valence-corrected chi connectivity index (χ0v) is 13.6. The predicted molar refractivity (Wildman–Crippen MR) is 83.4 cm³/mol. The number of hydrogen-bond donors (Lipinski definition) is 1. The van der Waals surface area contributed by atoms with Gasteiger partial charge in [0.15, 0.2) is 0 Å². The molecule has 1 N–H and O–H groups in total. The van der Waals surface area contributed by atoms with Gasteiger partial charge in [0.2, 0.25) is 5.91 Å². The average molecular weight is 355 g/mol. The summed E-state index contributed by atoms with van der Waals surface area (Å²) in [7, 11) is 0. The molecule has 0 aliphatic carbocycles. The minimum absolute atomic E-state index is 0.129. The second kappa shape index (κ2) is 7.56. The molecule has 0 spiro atoms. The fourth-order valence-corrected chi connectivity index (χ4v) is 2.63. The van der Waals surface area contributed by atoms with E-state index in [1.165, 1.54) is 0 Å². The van der Waals surface area contributed by atoms with Gasteiger partial charge >= 0.3 is 0 Å². The molecule has 1 saturated heterocycles. The average Bonchev–Trinajstić information content (AvgIpc) is 2.54. The fourth-order valence-electron chi connectivity index (χ4n) is 2.26. The van der Waals surface area contributed by atoms with Crippen LogP contribution in [0.1, 0.15) is 22.8 Å². The van der Waals surface area contributed by atoms with Gasteiger partial charge in [0.25, 0.3) is 5.91 Å². The molecule has 0 radical (unpaired) electrons. The molecule has 1 aromatic carbocycles. The number of carbonyl (C=O) groups excluding carboxylic acids is 2. The summed E-state index contributed by atoms with van der Waals surface area (Å²) in [6.07, 6.45) is 0. The van der Waals surface area contributed by atoms with Crippen molar-refractivity contribution in [2.45, 2.75) is 18.3 Å². The maximum absolute atomic E-state index is 12.6. The highest BCUT2D eigenvalue weighted by Gasteiger charge is 2.32. The van der Waals surface area contributed by atoms with Crippen LogP contribution in [0.3, 0.4) is 0 Å². The molecule has 0 saturated carbocycles. The third kappa shape index (κ3) is 3.83. The highest BCUT2D eigenvalue weighted by Crippen LogP contribution is 2.15. The van der Waals surface area contributed by atoms with E-state index in [-0.39, 0.29) is 18.4 Å². The highest BCUT2D eigenvalue weighted by molar-refractivity contribution is 9.08. The Kier molecular flexibility index (Phi) is 5.76. The number of rotatable bonds is 4. The molecular weight excluding hydrogens is 336 g/mol. The van der Waals surface area contributed by atoms with Crippen LogP contribution in [0.5, 0.6) is 0 Å². The van der Waals surface area contributed by atoms with Crippen LogP contribution in [-0.2, 0) is 14.9 Å². The van der Waals surface area contributed by atoms with E-state index in [1.807, 2.05) is 19.1 Å². The standard InChI is InChI=1S/C15H19BrN2O3/c1-2-17-14(19)13-10-21-8-7-18(13)15(20)12-5-3-11(9-16)4-6-12/h3-6,13H,2,7-10H2,1H3,(H,17,19). The first-order chi connectivity index (χ1) is 10.2. The molecule has 114 valence electrons. The van der Waals surface area contributed by atoms with E-state index in [0.29, 0.717) is 25.3 Å². The molecule has 0 aromatic heterocycles. The lowest BCUT2D eigenvalue weighted by Gasteiger charge is -2.34. The van der Waals surface area contributed by atoms with Gasteiger partial charge in [-0.15, -0.1) is 0 Å². The molecule has 1 unspecified atom stereocenters. The van der Waals surface area contributed by atoms with Crippen LogP contribution in [-0.4, -0.2) is 49.1 Å². The Morgan fingerprint density at radius 2 is 2.10 bits per heavy atom. The van der Waals surface area contributed by atoms with Crippen LogP contribution in [0.15, 0.2) is 24.3 Å². The van der Waals surface area contributed by atoms with E-state index < -0.39 is 6.04 Å². The van der Waals surface area contributed by atoms with Crippen LogP contribution >= 0.6 is 15.9 Å². The van der Waals surface area contributed by atoms with Crippen LogP contribution in [0.2, 0.25) is 0 Å². The Hall–Kier alpha value is -1.40. The fraction of sp³-hybridized carbons (Fsp3) is 0.467. The van der Waals surface area contributed by atoms with E-state index >= 15 is 0 Å². The van der Waals surface area contributed by atoms with E-state index in [2.05, 4.69) is 21.2 Å². The number of nitrogens with one attached hydrogen (secondary N) is 1. The number of alkyl halides is 1. The van der Waals surface area contributed by atoms with Gasteiger partial charge in [0.05, 0.1) is 13.2 Å². The highest BCUT2D eigenvalue weighted by atomic mass is 79.9. The molecule has 1 aliphatic rings. The normalized spacial score (nSPS) is 18.4. The number of ether oxygens (including phenoxy) is 1. The first kappa shape index (κ1) is 16.0. The number of benzene rings is 1. The number of hydrogen-bond acceptors (Lipinski definition) is 3. The summed E-state index contributed by atoms with van der Waals surface area (Å²) in [5.41, 5.74) is 1.70. The zero-order chi connectivity index (χ0) is 15.2. The molecule has 1 fully saturated rings. The van der Waals surface area contributed by atoms with Crippen molar-refractivity contribution in [3.8, 4) is 0 Å². The largest absolute Gasteiger partial charge is 0.377 e. The second-order valence-electron chi connectivity index (χ2n) is 4.81. The molecule has 5 nitrogen and oxygen atoms in total. The SMILES string of the molecule is CCNC(=O)C1COCCN1C(=O)c1ccc(CBr)cc1. The van der Waals surface area contributed by atoms with E-state index in [1.54, 1.807) is 17.0 Å². The summed E-state index contributed by atoms with van der Waals surface area (Å²) in [5, 5.41) is 3.50. The van der Waals surface area contributed by atoms with Crippen LogP contribution in [0.4, 0.5) is 0 Å². The molecule has 1 aliphatic heterocycles. The van der Waals surface area contributed by atoms with Gasteiger partial charge < -0.3 is 15.0 Å². The first-order valence-corrected chi connectivity index (χ1v) is 8.10. The Balaban J connectivity index is 2.15. The van der Waals surface area contributed by atoms with E-state index in [9.17, 15) is 9.59 Å². The summed E-state index contributed by atoms with van der Waals surface area (Å²) < 4.78 is 5.34. The maximum atomic E-state index is 12.6. The lowest BCUT2D eigenvalue weighted by molar-refractivity contribution is -0.130. The molecule has 2 amide bonds. The van der Waals surface area contributed by atoms with Crippen molar-refractivity contribution in [2.24, 2.45) is 0 Å². The van der Waals surface area contributed by atoms with Crippen molar-refractivity contribution < 1.29 is 14.3 Å². The summed E-state index contributed by atoms with van der Waals surface area (Å²) in [6, 6.07) is 6.85. The van der Waals surface area contributed by atoms with E-state index in [4.69, 9.17) is 4.74 Å². The third-order valence-electron chi connectivity index (χ3n) is 3.40. The van der Waals surface area contributed by atoms with Crippen LogP contribution in [0.25, 0.3) is 0 Å². The Morgan fingerprint density at radius 3 is 2.71 bits per heavy atom. The minimum Gasteiger partial charge on any atom is -0.377 e. The Morgan fingerprint density at radius 1 is 1.38 bits per heavy atom. The smallest absolute Gasteiger partial charge is 0.254 e. The van der Waals surface area contributed by atoms with E-state index in [0.717, 1.165) is 10.9 Å². The minimum atomic E-state index is -0.554. The monoisotopic (exact) mass is 354 g/mol. The van der Waals surface area contributed by atoms with Gasteiger partial charge in [-0.1, -0.05) is 28.1 Å². The van der Waals surface area contributed by atoms with Crippen molar-refractivity contribution in [3.63, 3.8) is 0 Å². The quantitative estimate of drug-likeness (QED) is 0.834. The summed E-state index contributed by atoms with van der Waals surface area (Å²) in [5.74, 6) is -0.293. The summed E-state index contributed by atoms with van der Waals surface area (Å²) in [4.78, 5) is 26.2. The van der Waals surface area contributed by atoms with Crippen molar-refractivity contribution in [2.75, 3.05) is 26.3 Å². The van der Waals surface area contributed by atoms with Crippen LogP contribution < -0.4 is 5.32 Å². The topological polar surface area (TPSA) is 58.6 Å². The van der Waals surface area contributed by atoms with Gasteiger partial charge in [-0.3, -0.25) is 9.59 Å². The van der Waals surface area contributed by atoms with Crippen molar-refractivity contribution >= 4 is 27.7 Å². The Labute approximate surface area is 132 Å². The number of morpholine rings is 1. The number of halogens is 1. The number of nitrogens with zero attached hydrogens (tertiary/aromatic N) is 1. The molecule has 2 rings (SSSR count). The molecule has 6 heteroatoms. The molecule has 1 atom stereocenters. The summed E-state index contributed by atoms with van der Waals surface area (Å²) in [6.45, 7) is 3.53. The number of amides is 2. The van der Waals surface area contributed by atoms with Crippen molar-refractivity contribution in [1.29, 1.82) is 0 Å².